The summed E-state index contributed by atoms with van der Waals surface area (Å²) in [4.78, 5) is 2.26. The predicted molar refractivity (Wildman–Crippen MR) is 116 cm³/mol. The summed E-state index contributed by atoms with van der Waals surface area (Å²) >= 11 is 7.50. The highest BCUT2D eigenvalue weighted by molar-refractivity contribution is 8.23. The lowest BCUT2D eigenvalue weighted by molar-refractivity contribution is 0.119. The first-order valence-corrected chi connectivity index (χ1v) is 11.0. The molecule has 152 valence electrons. The fraction of sp³-hybridized carbons (Fsp3) is 0.381. The number of benzene rings is 2. The van der Waals surface area contributed by atoms with E-state index in [2.05, 4.69) is 42.3 Å². The molecule has 3 aliphatic heterocycles. The van der Waals surface area contributed by atoms with Crippen molar-refractivity contribution in [3.63, 3.8) is 0 Å². The van der Waals surface area contributed by atoms with Gasteiger partial charge in [-0.1, -0.05) is 43.0 Å². The van der Waals surface area contributed by atoms with Crippen LogP contribution in [0.4, 0.5) is 0 Å². The molecule has 8 heteroatoms. The van der Waals surface area contributed by atoms with Gasteiger partial charge in [0.15, 0.2) is 23.0 Å². The number of thiocarbonyl (C=S) groups is 1. The van der Waals surface area contributed by atoms with E-state index in [1.54, 1.807) is 11.8 Å². The van der Waals surface area contributed by atoms with Crippen LogP contribution >= 0.6 is 24.0 Å². The molecule has 2 aromatic carbocycles. The summed E-state index contributed by atoms with van der Waals surface area (Å²) < 4.78 is 23.1. The minimum atomic E-state index is -0.445. The first-order valence-electron chi connectivity index (χ1n) is 9.70. The molecule has 2 aromatic rings. The van der Waals surface area contributed by atoms with Crippen molar-refractivity contribution in [1.29, 1.82) is 0 Å². The zero-order valence-electron chi connectivity index (χ0n) is 16.3. The van der Waals surface area contributed by atoms with Crippen molar-refractivity contribution in [3.05, 3.63) is 47.5 Å². The van der Waals surface area contributed by atoms with E-state index < -0.39 is 5.66 Å². The summed E-state index contributed by atoms with van der Waals surface area (Å²) in [7, 11) is 0. The van der Waals surface area contributed by atoms with Crippen molar-refractivity contribution in [1.82, 2.24) is 10.2 Å². The molecular formula is C21H22N2O4S2. The fourth-order valence-corrected chi connectivity index (χ4v) is 5.89. The molecule has 1 N–H and O–H groups in total. The number of thioether (sulfide) groups is 1. The van der Waals surface area contributed by atoms with Crippen molar-refractivity contribution in [2.75, 3.05) is 20.1 Å². The van der Waals surface area contributed by atoms with Crippen LogP contribution < -0.4 is 24.3 Å². The lowest BCUT2D eigenvalue weighted by Gasteiger charge is -2.51. The Kier molecular flexibility index (Phi) is 4.72. The van der Waals surface area contributed by atoms with E-state index in [0.717, 1.165) is 51.4 Å². The van der Waals surface area contributed by atoms with Crippen LogP contribution in [0.3, 0.4) is 0 Å². The number of rotatable bonds is 4. The van der Waals surface area contributed by atoms with Gasteiger partial charge in [0, 0.05) is 6.54 Å². The van der Waals surface area contributed by atoms with Gasteiger partial charge in [0.25, 0.3) is 0 Å². The van der Waals surface area contributed by atoms with Gasteiger partial charge in [-0.05, 0) is 48.7 Å². The third kappa shape index (κ3) is 3.01. The standard InChI is InChI=1S/C21H22N2O4S2/c1-3-21(14-6-8-16-18(10-14)27-12-25-16)22-19(29-20(28)23(21)4-2)13-5-7-15-17(9-13)26-11-24-15/h5-10,19,22H,3-4,11-12H2,1-2H3. The van der Waals surface area contributed by atoms with Crippen molar-refractivity contribution in [3.8, 4) is 23.0 Å². The molecule has 6 nitrogen and oxygen atoms in total. The molecule has 0 saturated carbocycles. The molecular weight excluding hydrogens is 408 g/mol. The zero-order valence-corrected chi connectivity index (χ0v) is 17.9. The van der Waals surface area contributed by atoms with Crippen LogP contribution in [-0.2, 0) is 5.66 Å². The maximum absolute atomic E-state index is 5.85. The molecule has 0 amide bonds. The summed E-state index contributed by atoms with van der Waals surface area (Å²) in [6, 6.07) is 12.2. The first kappa shape index (κ1) is 18.8. The molecule has 5 rings (SSSR count). The minimum absolute atomic E-state index is 0.00910. The molecule has 0 bridgehead atoms. The van der Waals surface area contributed by atoms with Gasteiger partial charge in [0.05, 0.1) is 5.37 Å². The molecule has 1 fully saturated rings. The maximum Gasteiger partial charge on any atom is 0.231 e. The fourth-order valence-electron chi connectivity index (χ4n) is 4.16. The molecule has 29 heavy (non-hydrogen) atoms. The Labute approximate surface area is 179 Å². The summed E-state index contributed by atoms with van der Waals surface area (Å²) in [6.07, 6.45) is 0.836. The van der Waals surface area contributed by atoms with E-state index in [-0.39, 0.29) is 19.0 Å². The summed E-state index contributed by atoms with van der Waals surface area (Å²) in [6.45, 7) is 5.64. The highest BCUT2D eigenvalue weighted by Crippen LogP contribution is 2.47. The molecule has 3 aliphatic rings. The first-order chi connectivity index (χ1) is 14.1. The molecule has 1 saturated heterocycles. The number of nitrogens with zero attached hydrogens (tertiary/aromatic N) is 1. The van der Waals surface area contributed by atoms with Gasteiger partial charge in [-0.2, -0.15) is 0 Å². The smallest absolute Gasteiger partial charge is 0.231 e. The van der Waals surface area contributed by atoms with E-state index in [4.69, 9.17) is 31.2 Å². The minimum Gasteiger partial charge on any atom is -0.454 e. The van der Waals surface area contributed by atoms with Crippen molar-refractivity contribution in [2.45, 2.75) is 31.3 Å². The second kappa shape index (κ2) is 7.27. The van der Waals surface area contributed by atoms with Crippen LogP contribution in [0.1, 0.15) is 36.8 Å². The second-order valence-corrected chi connectivity index (χ2v) is 8.79. The van der Waals surface area contributed by atoms with Gasteiger partial charge >= 0.3 is 0 Å². The average molecular weight is 431 g/mol. The maximum atomic E-state index is 5.85. The Hall–Kier alpha value is -2.16. The highest BCUT2D eigenvalue weighted by atomic mass is 32.2. The Morgan fingerprint density at radius 3 is 2.34 bits per heavy atom. The summed E-state index contributed by atoms with van der Waals surface area (Å²) in [5, 5.41) is 3.86. The predicted octanol–water partition coefficient (Wildman–Crippen LogP) is 4.35. The van der Waals surface area contributed by atoms with E-state index in [1.165, 1.54) is 0 Å². The van der Waals surface area contributed by atoms with Crippen molar-refractivity contribution in [2.24, 2.45) is 0 Å². The Morgan fingerprint density at radius 2 is 1.66 bits per heavy atom. The van der Waals surface area contributed by atoms with Crippen LogP contribution in [0, 0.1) is 0 Å². The Balaban J connectivity index is 1.56. The van der Waals surface area contributed by atoms with Gasteiger partial charge in [0.2, 0.25) is 13.6 Å². The number of fused-ring (bicyclic) bond motifs is 2. The van der Waals surface area contributed by atoms with Crippen LogP contribution in [0.5, 0.6) is 23.0 Å². The Bertz CT molecular complexity index is 970. The molecule has 0 aliphatic carbocycles. The molecule has 0 radical (unpaired) electrons. The average Bonchev–Trinajstić information content (AvgIpc) is 3.40. The molecule has 0 spiro atoms. The molecule has 0 aromatic heterocycles. The van der Waals surface area contributed by atoms with Gasteiger partial charge in [0.1, 0.15) is 9.98 Å². The largest absolute Gasteiger partial charge is 0.454 e. The van der Waals surface area contributed by atoms with E-state index >= 15 is 0 Å². The van der Waals surface area contributed by atoms with Crippen LogP contribution in [-0.4, -0.2) is 29.4 Å². The molecule has 2 atom stereocenters. The number of nitrogens with one attached hydrogen (secondary N) is 1. The van der Waals surface area contributed by atoms with E-state index in [9.17, 15) is 0 Å². The summed E-state index contributed by atoms with van der Waals surface area (Å²) in [5.74, 6) is 3.11. The third-order valence-electron chi connectivity index (χ3n) is 5.65. The second-order valence-electron chi connectivity index (χ2n) is 7.05. The van der Waals surface area contributed by atoms with Gasteiger partial charge in [-0.3, -0.25) is 5.32 Å². The van der Waals surface area contributed by atoms with E-state index in [0.29, 0.717) is 0 Å². The quantitative estimate of drug-likeness (QED) is 0.719. The van der Waals surface area contributed by atoms with Gasteiger partial charge < -0.3 is 23.8 Å². The number of hydrogen-bond acceptors (Lipinski definition) is 7. The Morgan fingerprint density at radius 1 is 1.00 bits per heavy atom. The van der Waals surface area contributed by atoms with Gasteiger partial charge in [-0.15, -0.1) is 0 Å². The number of ether oxygens (including phenoxy) is 4. The lowest BCUT2D eigenvalue weighted by Crippen LogP contribution is -2.60. The lowest BCUT2D eigenvalue weighted by atomic mass is 9.93. The topological polar surface area (TPSA) is 52.2 Å². The molecule has 3 heterocycles. The third-order valence-corrected chi connectivity index (χ3v) is 7.20. The normalized spacial score (nSPS) is 24.8. The van der Waals surface area contributed by atoms with E-state index in [1.807, 2.05) is 18.2 Å². The zero-order chi connectivity index (χ0) is 20.0. The molecule has 2 unspecified atom stereocenters. The highest BCUT2D eigenvalue weighted by Gasteiger charge is 2.45. The van der Waals surface area contributed by atoms with Crippen LogP contribution in [0.15, 0.2) is 36.4 Å². The van der Waals surface area contributed by atoms with Crippen molar-refractivity contribution >= 4 is 28.3 Å². The van der Waals surface area contributed by atoms with Crippen molar-refractivity contribution < 1.29 is 18.9 Å². The monoisotopic (exact) mass is 430 g/mol. The van der Waals surface area contributed by atoms with Gasteiger partial charge in [-0.25, -0.2) is 0 Å². The summed E-state index contributed by atoms with van der Waals surface area (Å²) in [5.41, 5.74) is 1.77. The van der Waals surface area contributed by atoms with Crippen LogP contribution in [0.25, 0.3) is 0 Å². The van der Waals surface area contributed by atoms with Crippen LogP contribution in [0.2, 0.25) is 0 Å². The number of hydrogen-bond donors (Lipinski definition) is 1. The SMILES string of the molecule is CCN1C(=S)SC(c2ccc3c(c2)OCO3)NC1(CC)c1ccc2c(c1)OCO2.